The molecule has 1 fully saturated rings. The van der Waals surface area contributed by atoms with Crippen LogP contribution in [0.15, 0.2) is 29.8 Å². The molecule has 1 amide bonds. The molecule has 0 aliphatic carbocycles. The molecule has 2 unspecified atom stereocenters. The van der Waals surface area contributed by atoms with E-state index in [9.17, 15) is 9.90 Å². The van der Waals surface area contributed by atoms with Gasteiger partial charge in [-0.05, 0) is 31.4 Å². The second-order valence-electron chi connectivity index (χ2n) is 5.97. The highest BCUT2D eigenvalue weighted by Gasteiger charge is 2.28. The Balaban J connectivity index is 0.00000208. The fourth-order valence-electron chi connectivity index (χ4n) is 2.82. The van der Waals surface area contributed by atoms with Crippen molar-refractivity contribution in [1.82, 2.24) is 15.6 Å². The second kappa shape index (κ2) is 11.1. The predicted molar refractivity (Wildman–Crippen MR) is 113 cm³/mol. The standard InChI is InChI=1S/C17H21N3O2S.3ClH/c1-10(20-17(22)15-7-14(21)8-18-15)12-3-5-13(6-4-12)16-11(2)19-9-23-16;;;/h3-6,9-10,14-15,18,21H,7-8H2,1-2H3,(H,20,22);3*1H/t10-,14?,15?;;;/m0.../s1. The number of aryl methyl sites for hydroxylation is 1. The fraction of sp³-hybridized carbons (Fsp3) is 0.412. The van der Waals surface area contributed by atoms with E-state index in [4.69, 9.17) is 0 Å². The number of aliphatic hydroxyl groups is 1. The molecule has 3 N–H and O–H groups in total. The van der Waals surface area contributed by atoms with Crippen LogP contribution in [0.1, 0.15) is 30.6 Å². The van der Waals surface area contributed by atoms with Crippen molar-refractivity contribution in [2.45, 2.75) is 38.5 Å². The van der Waals surface area contributed by atoms with Crippen LogP contribution in [0.25, 0.3) is 10.4 Å². The molecule has 1 aromatic heterocycles. The maximum Gasteiger partial charge on any atom is 0.237 e. The number of hydrogen-bond acceptors (Lipinski definition) is 5. The minimum absolute atomic E-state index is 0. The molecule has 3 rings (SSSR count). The van der Waals surface area contributed by atoms with Gasteiger partial charge in [-0.1, -0.05) is 24.3 Å². The number of nitrogens with zero attached hydrogens (tertiary/aromatic N) is 1. The topological polar surface area (TPSA) is 74.2 Å². The summed E-state index contributed by atoms with van der Waals surface area (Å²) >= 11 is 1.63. The Labute approximate surface area is 176 Å². The first-order valence-electron chi connectivity index (χ1n) is 7.77. The number of hydrogen-bond donors (Lipinski definition) is 3. The first-order valence-corrected chi connectivity index (χ1v) is 8.65. The largest absolute Gasteiger partial charge is 0.392 e. The fourth-order valence-corrected chi connectivity index (χ4v) is 3.63. The van der Waals surface area contributed by atoms with Gasteiger partial charge in [-0.3, -0.25) is 4.79 Å². The normalized spacial score (nSPS) is 19.5. The van der Waals surface area contributed by atoms with E-state index in [1.807, 2.05) is 31.5 Å². The number of β-amino-alcohol motifs (C(OH)–C–C–N with tert-alkyl or cyclic N) is 1. The number of carbonyl (C=O) groups is 1. The first-order chi connectivity index (χ1) is 11.0. The van der Waals surface area contributed by atoms with Gasteiger partial charge in [0.1, 0.15) is 0 Å². The van der Waals surface area contributed by atoms with Crippen molar-refractivity contribution in [1.29, 1.82) is 0 Å². The highest BCUT2D eigenvalue weighted by atomic mass is 35.5. The summed E-state index contributed by atoms with van der Waals surface area (Å²) < 4.78 is 0. The van der Waals surface area contributed by atoms with Crippen LogP contribution in [-0.4, -0.2) is 34.7 Å². The zero-order valence-electron chi connectivity index (χ0n) is 14.5. The van der Waals surface area contributed by atoms with E-state index in [0.717, 1.165) is 16.8 Å². The number of halogens is 3. The minimum Gasteiger partial charge on any atom is -0.392 e. The Morgan fingerprint density at radius 1 is 1.31 bits per heavy atom. The van der Waals surface area contributed by atoms with Crippen LogP contribution in [0.4, 0.5) is 0 Å². The molecule has 5 nitrogen and oxygen atoms in total. The Morgan fingerprint density at radius 3 is 2.46 bits per heavy atom. The Bertz CT molecular complexity index is 697. The van der Waals surface area contributed by atoms with Crippen LogP contribution >= 0.6 is 48.6 Å². The molecule has 1 aliphatic heterocycles. The van der Waals surface area contributed by atoms with Crippen molar-refractivity contribution in [3.63, 3.8) is 0 Å². The third-order valence-electron chi connectivity index (χ3n) is 4.20. The van der Waals surface area contributed by atoms with Gasteiger partial charge in [0.2, 0.25) is 5.91 Å². The minimum atomic E-state index is -0.428. The molecular formula is C17H24Cl3N3O2S. The zero-order chi connectivity index (χ0) is 16.4. The SMILES string of the molecule is Cc1ncsc1-c1ccc([C@H](C)NC(=O)C2CC(O)CN2)cc1.Cl.Cl.Cl. The molecule has 26 heavy (non-hydrogen) atoms. The van der Waals surface area contributed by atoms with Crippen LogP contribution in [0.2, 0.25) is 0 Å². The summed E-state index contributed by atoms with van der Waals surface area (Å²) in [6.45, 7) is 4.46. The van der Waals surface area contributed by atoms with E-state index in [1.165, 1.54) is 4.88 Å². The van der Waals surface area contributed by atoms with Gasteiger partial charge in [0, 0.05) is 6.54 Å². The summed E-state index contributed by atoms with van der Waals surface area (Å²) in [4.78, 5) is 17.6. The average Bonchev–Trinajstić information content (AvgIpc) is 3.16. The lowest BCUT2D eigenvalue weighted by Gasteiger charge is -2.18. The highest BCUT2D eigenvalue weighted by Crippen LogP contribution is 2.28. The predicted octanol–water partition coefficient (Wildman–Crippen LogP) is 3.28. The number of nitrogens with one attached hydrogen (secondary N) is 2. The van der Waals surface area contributed by atoms with Gasteiger partial charge >= 0.3 is 0 Å². The zero-order valence-corrected chi connectivity index (χ0v) is 17.7. The van der Waals surface area contributed by atoms with Gasteiger partial charge < -0.3 is 15.7 Å². The molecule has 0 radical (unpaired) electrons. The lowest BCUT2D eigenvalue weighted by atomic mass is 10.0. The lowest BCUT2D eigenvalue weighted by Crippen LogP contribution is -2.41. The lowest BCUT2D eigenvalue weighted by molar-refractivity contribution is -0.123. The van der Waals surface area contributed by atoms with Crippen molar-refractivity contribution >= 4 is 54.5 Å². The van der Waals surface area contributed by atoms with E-state index in [0.29, 0.717) is 13.0 Å². The Morgan fingerprint density at radius 2 is 1.96 bits per heavy atom. The number of rotatable bonds is 4. The molecule has 146 valence electrons. The van der Waals surface area contributed by atoms with Crippen molar-refractivity contribution in [3.05, 3.63) is 41.0 Å². The van der Waals surface area contributed by atoms with Crippen LogP contribution in [0.5, 0.6) is 0 Å². The molecule has 1 aliphatic rings. The van der Waals surface area contributed by atoms with E-state index >= 15 is 0 Å². The maximum atomic E-state index is 12.2. The number of carbonyl (C=O) groups excluding carboxylic acids is 1. The molecule has 2 aromatic rings. The van der Waals surface area contributed by atoms with Gasteiger partial charge in [0.15, 0.2) is 0 Å². The molecule has 3 atom stereocenters. The number of aromatic nitrogens is 1. The van der Waals surface area contributed by atoms with Gasteiger partial charge in [-0.2, -0.15) is 0 Å². The molecule has 2 heterocycles. The summed E-state index contributed by atoms with van der Waals surface area (Å²) in [6.07, 6.45) is 0.0466. The Kier molecular flexibility index (Phi) is 10.7. The van der Waals surface area contributed by atoms with Gasteiger partial charge in [-0.15, -0.1) is 48.6 Å². The molecular weight excluding hydrogens is 417 g/mol. The number of benzene rings is 1. The van der Waals surface area contributed by atoms with Crippen molar-refractivity contribution < 1.29 is 9.90 Å². The molecule has 1 saturated heterocycles. The second-order valence-corrected chi connectivity index (χ2v) is 6.82. The van der Waals surface area contributed by atoms with E-state index in [1.54, 1.807) is 11.3 Å². The summed E-state index contributed by atoms with van der Waals surface area (Å²) in [5.74, 6) is -0.0589. The third-order valence-corrected chi connectivity index (χ3v) is 5.18. The maximum absolute atomic E-state index is 12.2. The molecule has 1 aromatic carbocycles. The monoisotopic (exact) mass is 439 g/mol. The molecule has 0 bridgehead atoms. The van der Waals surface area contributed by atoms with Crippen molar-refractivity contribution in [2.75, 3.05) is 6.54 Å². The number of aliphatic hydroxyl groups excluding tert-OH is 1. The molecule has 0 saturated carbocycles. The van der Waals surface area contributed by atoms with Crippen LogP contribution < -0.4 is 10.6 Å². The van der Waals surface area contributed by atoms with Crippen LogP contribution in [0.3, 0.4) is 0 Å². The van der Waals surface area contributed by atoms with Gasteiger partial charge in [0.05, 0.1) is 34.3 Å². The Hall–Kier alpha value is -0.890. The molecule has 0 spiro atoms. The van der Waals surface area contributed by atoms with Crippen molar-refractivity contribution in [3.8, 4) is 10.4 Å². The number of thiazole rings is 1. The quantitative estimate of drug-likeness (QED) is 0.682. The average molecular weight is 441 g/mol. The number of amides is 1. The first kappa shape index (κ1) is 25.1. The summed E-state index contributed by atoms with van der Waals surface area (Å²) in [6, 6.07) is 7.84. The summed E-state index contributed by atoms with van der Waals surface area (Å²) in [7, 11) is 0. The van der Waals surface area contributed by atoms with Crippen molar-refractivity contribution in [2.24, 2.45) is 0 Å². The van der Waals surface area contributed by atoms with E-state index in [-0.39, 0.29) is 55.2 Å². The van der Waals surface area contributed by atoms with E-state index < -0.39 is 6.10 Å². The van der Waals surface area contributed by atoms with Crippen LogP contribution in [-0.2, 0) is 4.79 Å². The smallest absolute Gasteiger partial charge is 0.237 e. The van der Waals surface area contributed by atoms with Crippen LogP contribution in [0, 0.1) is 6.92 Å². The highest BCUT2D eigenvalue weighted by molar-refractivity contribution is 7.13. The third kappa shape index (κ3) is 5.81. The molecule has 9 heteroatoms. The van der Waals surface area contributed by atoms with Gasteiger partial charge in [0.25, 0.3) is 0 Å². The van der Waals surface area contributed by atoms with Gasteiger partial charge in [-0.25, -0.2) is 4.98 Å². The summed E-state index contributed by atoms with van der Waals surface area (Å²) in [5.41, 5.74) is 5.09. The summed E-state index contributed by atoms with van der Waals surface area (Å²) in [5, 5.41) is 15.5. The van der Waals surface area contributed by atoms with E-state index in [2.05, 4.69) is 27.8 Å².